The minimum atomic E-state index is -0.560. The Hall–Kier alpha value is -2.24. The SMILES string of the molecule is COc1cccc2c1OC(N)=C(C#N)C2C1SC(=S)NC1=O. The van der Waals surface area contributed by atoms with E-state index >= 15 is 0 Å². The number of thioether (sulfide) groups is 1. The largest absolute Gasteiger partial charge is 0.493 e. The number of methoxy groups -OCH3 is 1. The summed E-state index contributed by atoms with van der Waals surface area (Å²) in [6.07, 6.45) is 0. The van der Waals surface area contributed by atoms with Crippen LogP contribution in [-0.2, 0) is 4.79 Å². The molecule has 2 heterocycles. The summed E-state index contributed by atoms with van der Waals surface area (Å²) in [7, 11) is 1.51. The molecule has 1 amide bonds. The first-order valence-corrected chi connectivity index (χ1v) is 7.61. The number of carbonyl (C=O) groups is 1. The number of benzene rings is 1. The Morgan fingerprint density at radius 1 is 1.55 bits per heavy atom. The van der Waals surface area contributed by atoms with E-state index in [9.17, 15) is 10.1 Å². The zero-order valence-electron chi connectivity index (χ0n) is 11.5. The van der Waals surface area contributed by atoms with Gasteiger partial charge in [-0.15, -0.1) is 0 Å². The Morgan fingerprint density at radius 3 is 2.91 bits per heavy atom. The van der Waals surface area contributed by atoms with Gasteiger partial charge in [-0.05, 0) is 6.07 Å². The van der Waals surface area contributed by atoms with Crippen molar-refractivity contribution in [3.63, 3.8) is 0 Å². The molecule has 0 radical (unpaired) electrons. The Kier molecular flexibility index (Phi) is 3.68. The average molecular weight is 333 g/mol. The van der Waals surface area contributed by atoms with E-state index in [-0.39, 0.29) is 17.4 Å². The van der Waals surface area contributed by atoms with Crippen LogP contribution in [-0.4, -0.2) is 22.6 Å². The van der Waals surface area contributed by atoms with Gasteiger partial charge in [-0.1, -0.05) is 36.1 Å². The van der Waals surface area contributed by atoms with Crippen molar-refractivity contribution in [2.45, 2.75) is 11.2 Å². The van der Waals surface area contributed by atoms with E-state index in [4.69, 9.17) is 27.4 Å². The van der Waals surface area contributed by atoms with Gasteiger partial charge in [0.1, 0.15) is 15.6 Å². The smallest absolute Gasteiger partial charge is 0.239 e. The summed E-state index contributed by atoms with van der Waals surface area (Å²) >= 11 is 6.25. The minimum absolute atomic E-state index is 0.0179. The maximum atomic E-state index is 12.2. The Balaban J connectivity index is 2.17. The lowest BCUT2D eigenvalue weighted by molar-refractivity contribution is -0.119. The summed E-state index contributed by atoms with van der Waals surface area (Å²) in [5.41, 5.74) is 6.77. The first-order valence-electron chi connectivity index (χ1n) is 6.32. The molecular weight excluding hydrogens is 322 g/mol. The van der Waals surface area contributed by atoms with Crippen molar-refractivity contribution >= 4 is 34.2 Å². The van der Waals surface area contributed by atoms with Crippen LogP contribution in [0, 0.1) is 11.3 Å². The summed E-state index contributed by atoms with van der Waals surface area (Å²) in [6.45, 7) is 0. The number of hydrogen-bond acceptors (Lipinski definition) is 7. The highest BCUT2D eigenvalue weighted by atomic mass is 32.2. The Morgan fingerprint density at radius 2 is 2.32 bits per heavy atom. The third-order valence-electron chi connectivity index (χ3n) is 3.49. The molecule has 3 rings (SSSR count). The molecule has 112 valence electrons. The van der Waals surface area contributed by atoms with Crippen molar-refractivity contribution in [3.8, 4) is 17.6 Å². The van der Waals surface area contributed by atoms with Crippen LogP contribution in [0.2, 0.25) is 0 Å². The van der Waals surface area contributed by atoms with E-state index in [1.54, 1.807) is 18.2 Å². The highest BCUT2D eigenvalue weighted by molar-refractivity contribution is 8.24. The first-order chi connectivity index (χ1) is 10.6. The quantitative estimate of drug-likeness (QED) is 0.789. The molecule has 1 saturated heterocycles. The van der Waals surface area contributed by atoms with Crippen molar-refractivity contribution < 1.29 is 14.3 Å². The Bertz CT molecular complexity index is 754. The molecule has 3 N–H and O–H groups in total. The van der Waals surface area contributed by atoms with Gasteiger partial charge in [-0.3, -0.25) is 4.79 Å². The fourth-order valence-corrected chi connectivity index (χ4v) is 3.94. The zero-order chi connectivity index (χ0) is 15.9. The normalized spacial score (nSPS) is 23.5. The number of para-hydroxylation sites is 1. The van der Waals surface area contributed by atoms with Crippen LogP contribution < -0.4 is 20.5 Å². The molecule has 6 nitrogen and oxygen atoms in total. The summed E-state index contributed by atoms with van der Waals surface area (Å²) in [4.78, 5) is 12.2. The van der Waals surface area contributed by atoms with Crippen LogP contribution in [0.1, 0.15) is 11.5 Å². The van der Waals surface area contributed by atoms with Crippen molar-refractivity contribution in [3.05, 3.63) is 35.2 Å². The van der Waals surface area contributed by atoms with Gasteiger partial charge in [-0.2, -0.15) is 5.26 Å². The van der Waals surface area contributed by atoms with Gasteiger partial charge in [-0.25, -0.2) is 0 Å². The number of carbonyl (C=O) groups excluding carboxylic acids is 1. The van der Waals surface area contributed by atoms with Crippen molar-refractivity contribution in [1.29, 1.82) is 5.26 Å². The first kappa shape index (κ1) is 14.7. The van der Waals surface area contributed by atoms with Crippen LogP contribution in [0.4, 0.5) is 0 Å². The fraction of sp³-hybridized carbons (Fsp3) is 0.214. The molecule has 22 heavy (non-hydrogen) atoms. The second-order valence-corrected chi connectivity index (χ2v) is 6.48. The molecule has 1 aromatic rings. The molecule has 2 aliphatic rings. The van der Waals surface area contributed by atoms with Crippen LogP contribution in [0.15, 0.2) is 29.7 Å². The maximum Gasteiger partial charge on any atom is 0.239 e. The van der Waals surface area contributed by atoms with Gasteiger partial charge >= 0.3 is 0 Å². The number of hydrogen-bond donors (Lipinski definition) is 2. The zero-order valence-corrected chi connectivity index (χ0v) is 13.1. The summed E-state index contributed by atoms with van der Waals surface area (Å²) < 4.78 is 11.2. The standard InChI is InChI=1S/C14H11N3O3S2/c1-19-8-4-2-3-6-9(11-13(18)17-14(21)22-11)7(5-15)12(16)20-10(6)8/h2-4,9,11H,16H2,1H3,(H,17,18,21). The van der Waals surface area contributed by atoms with Gasteiger partial charge in [0, 0.05) is 11.5 Å². The molecule has 2 atom stereocenters. The molecule has 0 bridgehead atoms. The van der Waals surface area contributed by atoms with Gasteiger partial charge in [0.25, 0.3) is 0 Å². The number of nitriles is 1. The highest BCUT2D eigenvalue weighted by Crippen LogP contribution is 2.48. The molecule has 0 aromatic heterocycles. The molecule has 8 heteroatoms. The predicted molar refractivity (Wildman–Crippen MR) is 85.3 cm³/mol. The second kappa shape index (κ2) is 5.51. The molecule has 0 saturated carbocycles. The molecule has 0 spiro atoms. The van der Waals surface area contributed by atoms with Gasteiger partial charge in [0.15, 0.2) is 11.5 Å². The number of allylic oxidation sites excluding steroid dienone is 1. The third kappa shape index (κ3) is 2.19. The van der Waals surface area contributed by atoms with E-state index in [2.05, 4.69) is 5.32 Å². The lowest BCUT2D eigenvalue weighted by Gasteiger charge is -2.29. The third-order valence-corrected chi connectivity index (χ3v) is 4.94. The highest BCUT2D eigenvalue weighted by Gasteiger charge is 2.43. The predicted octanol–water partition coefficient (Wildman–Crippen LogP) is 1.38. The van der Waals surface area contributed by atoms with Crippen LogP contribution in [0.3, 0.4) is 0 Å². The summed E-state index contributed by atoms with van der Waals surface area (Å²) in [6, 6.07) is 7.35. The van der Waals surface area contributed by atoms with Crippen molar-refractivity contribution in [1.82, 2.24) is 5.32 Å². The number of amides is 1. The van der Waals surface area contributed by atoms with Crippen molar-refractivity contribution in [2.75, 3.05) is 7.11 Å². The summed E-state index contributed by atoms with van der Waals surface area (Å²) in [5, 5.41) is 11.5. The van der Waals surface area contributed by atoms with Crippen LogP contribution in [0.25, 0.3) is 0 Å². The topological polar surface area (TPSA) is 97.4 Å². The number of fused-ring (bicyclic) bond motifs is 1. The minimum Gasteiger partial charge on any atom is -0.493 e. The van der Waals surface area contributed by atoms with Gasteiger partial charge in [0.2, 0.25) is 11.8 Å². The lowest BCUT2D eigenvalue weighted by atomic mass is 9.86. The number of ether oxygens (including phenoxy) is 2. The number of nitrogens with zero attached hydrogens (tertiary/aromatic N) is 1. The molecule has 2 unspecified atom stereocenters. The molecule has 2 aliphatic heterocycles. The van der Waals surface area contributed by atoms with E-state index < -0.39 is 11.2 Å². The molecule has 0 aliphatic carbocycles. The maximum absolute atomic E-state index is 12.2. The van der Waals surface area contributed by atoms with Crippen molar-refractivity contribution in [2.24, 2.45) is 5.73 Å². The molecular formula is C14H11N3O3S2. The van der Waals surface area contributed by atoms with Crippen LogP contribution in [0.5, 0.6) is 11.5 Å². The van der Waals surface area contributed by atoms with Gasteiger partial charge < -0.3 is 20.5 Å². The van der Waals surface area contributed by atoms with E-state index in [0.29, 0.717) is 21.4 Å². The number of thiocarbonyl (C=S) groups is 1. The number of rotatable bonds is 2. The number of nitrogens with one attached hydrogen (secondary N) is 1. The average Bonchev–Trinajstić information content (AvgIpc) is 2.83. The van der Waals surface area contributed by atoms with E-state index in [0.717, 1.165) is 0 Å². The second-order valence-electron chi connectivity index (χ2n) is 4.66. The van der Waals surface area contributed by atoms with E-state index in [1.165, 1.54) is 18.9 Å². The monoisotopic (exact) mass is 333 g/mol. The van der Waals surface area contributed by atoms with Crippen LogP contribution >= 0.6 is 24.0 Å². The lowest BCUT2D eigenvalue weighted by Crippen LogP contribution is -2.32. The van der Waals surface area contributed by atoms with E-state index in [1.807, 2.05) is 6.07 Å². The molecule has 1 aromatic carbocycles. The Labute approximate surface area is 136 Å². The fourth-order valence-electron chi connectivity index (χ4n) is 2.55. The van der Waals surface area contributed by atoms with Gasteiger partial charge in [0.05, 0.1) is 12.7 Å². The number of nitrogens with two attached hydrogens (primary N) is 1. The molecule has 1 fully saturated rings. The summed E-state index contributed by atoms with van der Waals surface area (Å²) in [5.74, 6) is 0.132.